The van der Waals surface area contributed by atoms with Gasteiger partial charge in [-0.1, -0.05) is 18.2 Å². The number of hydrogen-bond donors (Lipinski definition) is 1. The molecule has 5 rings (SSSR count). The van der Waals surface area contributed by atoms with Gasteiger partial charge in [0.05, 0.1) is 16.4 Å². The summed E-state index contributed by atoms with van der Waals surface area (Å²) in [4.78, 5) is 0. The van der Waals surface area contributed by atoms with Crippen LogP contribution in [0.5, 0.6) is 5.75 Å². The van der Waals surface area contributed by atoms with Gasteiger partial charge in [0.1, 0.15) is 17.1 Å². The molecule has 0 unspecified atom stereocenters. The fraction of sp³-hybridized carbons (Fsp3) is 0.318. The first-order chi connectivity index (χ1) is 13.2. The van der Waals surface area contributed by atoms with Gasteiger partial charge in [-0.25, -0.2) is 0 Å². The molecule has 0 spiro atoms. The molecule has 0 bridgehead atoms. The van der Waals surface area contributed by atoms with Crippen LogP contribution in [-0.4, -0.2) is 17.9 Å². The molecule has 1 N–H and O–H groups in total. The molecule has 4 nitrogen and oxygen atoms in total. The molecule has 0 atom stereocenters. The number of aryl methyl sites for hydroxylation is 3. The van der Waals surface area contributed by atoms with Crippen molar-refractivity contribution in [2.24, 2.45) is 5.10 Å². The summed E-state index contributed by atoms with van der Waals surface area (Å²) < 4.78 is 6.74. The molecule has 5 heteroatoms. The first kappa shape index (κ1) is 16.9. The Labute approximate surface area is 166 Å². The Hall–Kier alpha value is -2.27. The number of benzene rings is 2. The molecule has 0 fully saturated rings. The summed E-state index contributed by atoms with van der Waals surface area (Å²) in [6, 6.07) is 10.3. The summed E-state index contributed by atoms with van der Waals surface area (Å²) >= 11 is 3.47. The van der Waals surface area contributed by atoms with Crippen LogP contribution in [0.3, 0.4) is 0 Å². The van der Waals surface area contributed by atoms with Crippen LogP contribution in [0.25, 0.3) is 11.0 Å². The highest BCUT2D eigenvalue weighted by Gasteiger charge is 2.23. The first-order valence-corrected chi connectivity index (χ1v) is 10.4. The van der Waals surface area contributed by atoms with E-state index in [1.165, 1.54) is 11.1 Å². The van der Waals surface area contributed by atoms with Crippen molar-refractivity contribution < 1.29 is 9.52 Å². The van der Waals surface area contributed by atoms with Crippen LogP contribution in [-0.2, 0) is 19.3 Å². The van der Waals surface area contributed by atoms with Crippen molar-refractivity contribution in [3.63, 3.8) is 0 Å². The second-order valence-electron chi connectivity index (χ2n) is 7.30. The summed E-state index contributed by atoms with van der Waals surface area (Å²) in [5.74, 6) is 1.29. The van der Waals surface area contributed by atoms with Crippen LogP contribution in [0.15, 0.2) is 44.3 Å². The molecular weight excluding hydrogens is 404 g/mol. The molecule has 2 aliphatic rings. The van der Waals surface area contributed by atoms with Crippen molar-refractivity contribution in [2.45, 2.75) is 38.5 Å². The molecule has 0 saturated heterocycles. The van der Waals surface area contributed by atoms with Gasteiger partial charge in [0.2, 0.25) is 0 Å². The number of anilines is 1. The summed E-state index contributed by atoms with van der Waals surface area (Å²) in [6.45, 7) is 0.884. The second-order valence-corrected chi connectivity index (χ2v) is 8.16. The maximum absolute atomic E-state index is 10.7. The molecule has 0 amide bonds. The van der Waals surface area contributed by atoms with Crippen LogP contribution in [0.1, 0.15) is 41.7 Å². The fourth-order valence-corrected chi connectivity index (χ4v) is 4.72. The van der Waals surface area contributed by atoms with E-state index in [9.17, 15) is 5.11 Å². The van der Waals surface area contributed by atoms with E-state index in [1.54, 1.807) is 6.21 Å². The zero-order valence-electron chi connectivity index (χ0n) is 15.0. The van der Waals surface area contributed by atoms with Gasteiger partial charge in [0.25, 0.3) is 0 Å². The molecule has 3 aromatic rings. The third kappa shape index (κ3) is 2.85. The molecule has 2 heterocycles. The van der Waals surface area contributed by atoms with Crippen molar-refractivity contribution in [1.82, 2.24) is 0 Å². The van der Waals surface area contributed by atoms with Crippen molar-refractivity contribution in [1.29, 1.82) is 0 Å². The Bertz CT molecular complexity index is 1050. The maximum atomic E-state index is 10.7. The number of aromatic hydroxyl groups is 1. The number of phenolic OH excluding ortho intramolecular Hbond substituents is 1. The number of fused-ring (bicyclic) bond motifs is 4. The van der Waals surface area contributed by atoms with E-state index < -0.39 is 0 Å². The molecular formula is C22H21BrN2O2. The predicted molar refractivity (Wildman–Crippen MR) is 112 cm³/mol. The number of phenols is 1. The average Bonchev–Trinajstić information content (AvgIpc) is 3.06. The zero-order chi connectivity index (χ0) is 18.4. The smallest absolute Gasteiger partial charge is 0.139 e. The van der Waals surface area contributed by atoms with Crippen LogP contribution in [0, 0.1) is 0 Å². The van der Waals surface area contributed by atoms with Gasteiger partial charge in [-0.15, -0.1) is 0 Å². The Kier molecular flexibility index (Phi) is 4.20. The predicted octanol–water partition coefficient (Wildman–Crippen LogP) is 5.57. The minimum Gasteiger partial charge on any atom is -0.506 e. The summed E-state index contributed by atoms with van der Waals surface area (Å²) in [5, 5.41) is 18.6. The second kappa shape index (κ2) is 6.71. The lowest BCUT2D eigenvalue weighted by atomic mass is 9.94. The standard InChI is InChI=1S/C22H21BrN2O2/c23-17-12-20-21(15-8-2-4-10-19(15)27-20)16(22(17)26)13-24-25-11-5-7-14-6-1-3-9-18(14)25/h1,3,6,9,12-13,26H,2,4-5,7-8,10-11H2/b24-13+. The number of rotatable bonds is 2. The van der Waals surface area contributed by atoms with Gasteiger partial charge >= 0.3 is 0 Å². The van der Waals surface area contributed by atoms with Crippen molar-refractivity contribution >= 4 is 38.8 Å². The van der Waals surface area contributed by atoms with Crippen LogP contribution < -0.4 is 5.01 Å². The topological polar surface area (TPSA) is 49.0 Å². The monoisotopic (exact) mass is 424 g/mol. The molecule has 1 aliphatic carbocycles. The van der Waals surface area contributed by atoms with Gasteiger partial charge in [-0.05, 0) is 65.7 Å². The number of halogens is 1. The number of nitrogens with zero attached hydrogens (tertiary/aromatic N) is 2. The van der Waals surface area contributed by atoms with Gasteiger partial charge in [0, 0.05) is 29.5 Å². The maximum Gasteiger partial charge on any atom is 0.139 e. The SMILES string of the molecule is Oc1c(Br)cc2oc3c(c2c1/C=N/N1CCCc2ccccc21)CCCC3. The lowest BCUT2D eigenvalue weighted by molar-refractivity contribution is 0.471. The van der Waals surface area contributed by atoms with Gasteiger partial charge in [-0.2, -0.15) is 5.10 Å². The van der Waals surface area contributed by atoms with Crippen LogP contribution in [0.2, 0.25) is 0 Å². The minimum atomic E-state index is 0.228. The molecule has 0 saturated carbocycles. The third-order valence-corrected chi connectivity index (χ3v) is 6.22. The normalized spacial score (nSPS) is 16.7. The zero-order valence-corrected chi connectivity index (χ0v) is 16.6. The molecule has 1 aliphatic heterocycles. The molecule has 0 radical (unpaired) electrons. The van der Waals surface area contributed by atoms with Crippen LogP contribution in [0.4, 0.5) is 5.69 Å². The highest BCUT2D eigenvalue weighted by atomic mass is 79.9. The summed E-state index contributed by atoms with van der Waals surface area (Å²) in [5.41, 5.74) is 5.28. The van der Waals surface area contributed by atoms with Crippen molar-refractivity contribution in [3.05, 3.63) is 57.3 Å². The van der Waals surface area contributed by atoms with E-state index in [0.29, 0.717) is 4.47 Å². The first-order valence-electron chi connectivity index (χ1n) is 9.57. The quantitative estimate of drug-likeness (QED) is 0.547. The molecule has 1 aromatic heterocycles. The lowest BCUT2D eigenvalue weighted by Crippen LogP contribution is -2.24. The Morgan fingerprint density at radius 3 is 2.89 bits per heavy atom. The highest BCUT2D eigenvalue weighted by molar-refractivity contribution is 9.10. The van der Waals surface area contributed by atoms with Crippen molar-refractivity contribution in [3.8, 4) is 5.75 Å². The third-order valence-electron chi connectivity index (χ3n) is 5.62. The van der Waals surface area contributed by atoms with Gasteiger partial charge < -0.3 is 9.52 Å². The lowest BCUT2D eigenvalue weighted by Gasteiger charge is -2.26. The molecule has 27 heavy (non-hydrogen) atoms. The largest absolute Gasteiger partial charge is 0.506 e. The van der Waals surface area contributed by atoms with E-state index in [1.807, 2.05) is 17.1 Å². The van der Waals surface area contributed by atoms with Crippen LogP contribution >= 0.6 is 15.9 Å². The number of para-hydroxylation sites is 1. The van der Waals surface area contributed by atoms with E-state index in [4.69, 9.17) is 9.52 Å². The number of hydrazone groups is 1. The Balaban J connectivity index is 1.62. The van der Waals surface area contributed by atoms with E-state index >= 15 is 0 Å². The molecule has 2 aromatic carbocycles. The van der Waals surface area contributed by atoms with Gasteiger partial charge in [-0.3, -0.25) is 5.01 Å². The fourth-order valence-electron chi connectivity index (χ4n) is 4.30. The number of hydrogen-bond acceptors (Lipinski definition) is 4. The summed E-state index contributed by atoms with van der Waals surface area (Å²) in [6.07, 6.45) is 8.26. The Morgan fingerprint density at radius 2 is 1.96 bits per heavy atom. The van der Waals surface area contributed by atoms with E-state index in [-0.39, 0.29) is 5.75 Å². The van der Waals surface area contributed by atoms with Gasteiger partial charge in [0.15, 0.2) is 0 Å². The average molecular weight is 425 g/mol. The number of furan rings is 1. The Morgan fingerprint density at radius 1 is 1.11 bits per heavy atom. The van der Waals surface area contributed by atoms with Crippen molar-refractivity contribution in [2.75, 3.05) is 11.6 Å². The molecule has 138 valence electrons. The minimum absolute atomic E-state index is 0.228. The highest BCUT2D eigenvalue weighted by Crippen LogP contribution is 2.40. The summed E-state index contributed by atoms with van der Waals surface area (Å²) in [7, 11) is 0. The van der Waals surface area contributed by atoms with E-state index in [2.05, 4.69) is 34.1 Å². The van der Waals surface area contributed by atoms with E-state index in [0.717, 1.165) is 73.1 Å².